The Hall–Kier alpha value is -0.0800. The summed E-state index contributed by atoms with van der Waals surface area (Å²) in [6, 6.07) is 0. The second kappa shape index (κ2) is 7.24. The maximum Gasteiger partial charge on any atom is 0.0692 e. The van der Waals surface area contributed by atoms with Crippen molar-refractivity contribution in [2.24, 2.45) is 11.8 Å². The highest BCUT2D eigenvalue weighted by Crippen LogP contribution is 2.32. The van der Waals surface area contributed by atoms with Crippen LogP contribution in [0.3, 0.4) is 0 Å². The Morgan fingerprint density at radius 1 is 1.20 bits per heavy atom. The minimum absolute atomic E-state index is 0.116. The van der Waals surface area contributed by atoms with Crippen LogP contribution in [0.15, 0.2) is 0 Å². The molecule has 0 aromatic rings. The lowest BCUT2D eigenvalue weighted by Crippen LogP contribution is -2.35. The van der Waals surface area contributed by atoms with Crippen molar-refractivity contribution < 1.29 is 5.11 Å². The van der Waals surface area contributed by atoms with Crippen LogP contribution in [0.25, 0.3) is 0 Å². The summed E-state index contributed by atoms with van der Waals surface area (Å²) in [5, 5.41) is 13.3. The molecule has 1 aliphatic carbocycles. The molecule has 1 unspecified atom stereocenters. The van der Waals surface area contributed by atoms with E-state index in [1.807, 2.05) is 0 Å². The van der Waals surface area contributed by atoms with Gasteiger partial charge in [-0.2, -0.15) is 0 Å². The van der Waals surface area contributed by atoms with Crippen LogP contribution in [0.5, 0.6) is 0 Å². The average Bonchev–Trinajstić information content (AvgIpc) is 2.29. The van der Waals surface area contributed by atoms with E-state index in [0.717, 1.165) is 25.4 Å². The number of rotatable bonds is 6. The van der Waals surface area contributed by atoms with Crippen LogP contribution in [-0.4, -0.2) is 24.3 Å². The summed E-state index contributed by atoms with van der Waals surface area (Å²) < 4.78 is 0. The lowest BCUT2D eigenvalue weighted by atomic mass is 9.78. The molecule has 2 nitrogen and oxygen atoms in total. The van der Waals surface area contributed by atoms with Gasteiger partial charge >= 0.3 is 0 Å². The van der Waals surface area contributed by atoms with Gasteiger partial charge in [-0.05, 0) is 37.6 Å². The van der Waals surface area contributed by atoms with Gasteiger partial charge in [-0.25, -0.2) is 0 Å². The number of hydrogen-bond donors (Lipinski definition) is 2. The lowest BCUT2D eigenvalue weighted by Gasteiger charge is -2.31. The van der Waals surface area contributed by atoms with Gasteiger partial charge in [0.25, 0.3) is 0 Å². The topological polar surface area (TPSA) is 32.3 Å². The van der Waals surface area contributed by atoms with E-state index in [-0.39, 0.29) is 6.10 Å². The fourth-order valence-electron chi connectivity index (χ4n) is 2.57. The molecule has 0 heterocycles. The van der Waals surface area contributed by atoms with E-state index in [9.17, 15) is 5.11 Å². The lowest BCUT2D eigenvalue weighted by molar-refractivity contribution is 0.0730. The first-order chi connectivity index (χ1) is 7.27. The van der Waals surface area contributed by atoms with Crippen LogP contribution in [0.1, 0.15) is 52.4 Å². The summed E-state index contributed by atoms with van der Waals surface area (Å²) >= 11 is 0. The molecule has 0 aliphatic heterocycles. The predicted molar refractivity (Wildman–Crippen MR) is 64.9 cm³/mol. The highest BCUT2D eigenvalue weighted by atomic mass is 16.3. The van der Waals surface area contributed by atoms with E-state index in [1.165, 1.54) is 32.1 Å². The fourth-order valence-corrected chi connectivity index (χ4v) is 2.57. The van der Waals surface area contributed by atoms with Crippen molar-refractivity contribution in [1.29, 1.82) is 0 Å². The van der Waals surface area contributed by atoms with E-state index < -0.39 is 0 Å². The molecule has 1 aliphatic rings. The number of nitrogens with one attached hydrogen (secondary N) is 1. The van der Waals surface area contributed by atoms with Crippen LogP contribution >= 0.6 is 0 Å². The molecular weight excluding hydrogens is 186 g/mol. The molecule has 0 spiro atoms. The van der Waals surface area contributed by atoms with Crippen molar-refractivity contribution in [3.8, 4) is 0 Å². The standard InChI is InChI=1S/C13H27NO/c1-3-9-14-10-13(15)12-7-5-11(4-2)6-8-12/h11-15H,3-10H2,1-2H3. The predicted octanol–water partition coefficient (Wildman–Crippen LogP) is 2.56. The van der Waals surface area contributed by atoms with Gasteiger partial charge < -0.3 is 10.4 Å². The van der Waals surface area contributed by atoms with E-state index >= 15 is 0 Å². The molecule has 2 heteroatoms. The highest BCUT2D eigenvalue weighted by Gasteiger charge is 2.25. The molecule has 1 rings (SSSR count). The molecule has 0 aromatic heterocycles. The Kier molecular flexibility index (Phi) is 6.26. The Morgan fingerprint density at radius 2 is 1.87 bits per heavy atom. The zero-order chi connectivity index (χ0) is 11.1. The van der Waals surface area contributed by atoms with Gasteiger partial charge in [0.15, 0.2) is 0 Å². The van der Waals surface area contributed by atoms with Crippen molar-refractivity contribution in [3.05, 3.63) is 0 Å². The Balaban J connectivity index is 2.15. The molecule has 0 radical (unpaired) electrons. The Labute approximate surface area is 94.5 Å². The second-order valence-electron chi connectivity index (χ2n) is 4.96. The SMILES string of the molecule is CCCNCC(O)C1CCC(CC)CC1. The molecular formula is C13H27NO. The third-order valence-corrected chi connectivity index (χ3v) is 3.79. The number of hydrogen-bond acceptors (Lipinski definition) is 2. The van der Waals surface area contributed by atoms with Gasteiger partial charge in [0.2, 0.25) is 0 Å². The monoisotopic (exact) mass is 213 g/mol. The second-order valence-corrected chi connectivity index (χ2v) is 4.96. The normalized spacial score (nSPS) is 29.0. The summed E-state index contributed by atoms with van der Waals surface area (Å²) in [5.41, 5.74) is 0. The van der Waals surface area contributed by atoms with Gasteiger partial charge in [0, 0.05) is 6.54 Å². The van der Waals surface area contributed by atoms with Gasteiger partial charge in [-0.3, -0.25) is 0 Å². The minimum atomic E-state index is -0.116. The molecule has 0 bridgehead atoms. The quantitative estimate of drug-likeness (QED) is 0.665. The minimum Gasteiger partial charge on any atom is -0.392 e. The van der Waals surface area contributed by atoms with Gasteiger partial charge in [-0.15, -0.1) is 0 Å². The first-order valence-corrected chi connectivity index (χ1v) is 6.66. The third kappa shape index (κ3) is 4.52. The fraction of sp³-hybridized carbons (Fsp3) is 1.00. The van der Waals surface area contributed by atoms with Crippen molar-refractivity contribution in [3.63, 3.8) is 0 Å². The smallest absolute Gasteiger partial charge is 0.0692 e. The van der Waals surface area contributed by atoms with Crippen LogP contribution in [0.4, 0.5) is 0 Å². The number of aliphatic hydroxyl groups is 1. The zero-order valence-electron chi connectivity index (χ0n) is 10.3. The van der Waals surface area contributed by atoms with Crippen LogP contribution < -0.4 is 5.32 Å². The maximum atomic E-state index is 10.00. The highest BCUT2D eigenvalue weighted by molar-refractivity contribution is 4.78. The molecule has 90 valence electrons. The van der Waals surface area contributed by atoms with Crippen molar-refractivity contribution >= 4 is 0 Å². The summed E-state index contributed by atoms with van der Waals surface area (Å²) in [5.74, 6) is 1.48. The summed E-state index contributed by atoms with van der Waals surface area (Å²) in [6.45, 7) is 6.26. The Bertz CT molecular complexity index is 153. The molecule has 2 N–H and O–H groups in total. The van der Waals surface area contributed by atoms with E-state index in [0.29, 0.717) is 5.92 Å². The summed E-state index contributed by atoms with van der Waals surface area (Å²) in [6.07, 6.45) is 7.46. The van der Waals surface area contributed by atoms with Crippen molar-refractivity contribution in [2.75, 3.05) is 13.1 Å². The average molecular weight is 213 g/mol. The third-order valence-electron chi connectivity index (χ3n) is 3.79. The van der Waals surface area contributed by atoms with Crippen molar-refractivity contribution in [1.82, 2.24) is 5.32 Å². The zero-order valence-corrected chi connectivity index (χ0v) is 10.3. The molecule has 1 atom stereocenters. The molecule has 0 aromatic carbocycles. The molecule has 0 amide bonds. The molecule has 0 saturated heterocycles. The molecule has 1 saturated carbocycles. The van der Waals surface area contributed by atoms with E-state index in [1.54, 1.807) is 0 Å². The first kappa shape index (κ1) is 13.0. The summed E-state index contributed by atoms with van der Waals surface area (Å²) in [4.78, 5) is 0. The van der Waals surface area contributed by atoms with Gasteiger partial charge in [0.05, 0.1) is 6.10 Å². The van der Waals surface area contributed by atoms with Crippen LogP contribution in [0, 0.1) is 11.8 Å². The van der Waals surface area contributed by atoms with Gasteiger partial charge in [0.1, 0.15) is 0 Å². The van der Waals surface area contributed by atoms with E-state index in [2.05, 4.69) is 19.2 Å². The van der Waals surface area contributed by atoms with Crippen LogP contribution in [0.2, 0.25) is 0 Å². The van der Waals surface area contributed by atoms with Crippen molar-refractivity contribution in [2.45, 2.75) is 58.5 Å². The largest absolute Gasteiger partial charge is 0.392 e. The molecule has 1 fully saturated rings. The Morgan fingerprint density at radius 3 is 2.40 bits per heavy atom. The summed E-state index contributed by atoms with van der Waals surface area (Å²) in [7, 11) is 0. The maximum absolute atomic E-state index is 10.00. The molecule has 15 heavy (non-hydrogen) atoms. The number of aliphatic hydroxyl groups excluding tert-OH is 1. The van der Waals surface area contributed by atoms with Gasteiger partial charge in [-0.1, -0.05) is 33.1 Å². The van der Waals surface area contributed by atoms with Crippen LogP contribution in [-0.2, 0) is 0 Å². The van der Waals surface area contributed by atoms with E-state index in [4.69, 9.17) is 0 Å². The first-order valence-electron chi connectivity index (χ1n) is 6.66.